The van der Waals surface area contributed by atoms with Crippen molar-refractivity contribution in [1.82, 2.24) is 10.6 Å². The fraction of sp³-hybridized carbons (Fsp3) is 0.500. The normalized spacial score (nSPS) is 18.7. The Morgan fingerprint density at radius 2 is 1.76 bits per heavy atom. The molecule has 2 aliphatic carbocycles. The number of carbonyl (C=O) groups excluding carboxylic acids is 2. The topological polar surface area (TPSA) is 70.2 Å². The number of anilines is 1. The van der Waals surface area contributed by atoms with Crippen molar-refractivity contribution >= 4 is 17.6 Å². The first kappa shape index (κ1) is 13.9. The lowest BCUT2D eigenvalue weighted by atomic mass is 10.1. The molecular weight excluding hydrogens is 266 g/mol. The van der Waals surface area contributed by atoms with Gasteiger partial charge in [-0.2, -0.15) is 0 Å². The van der Waals surface area contributed by atoms with Gasteiger partial charge in [-0.3, -0.25) is 4.79 Å². The molecule has 112 valence electrons. The summed E-state index contributed by atoms with van der Waals surface area (Å²) in [4.78, 5) is 23.4. The molecule has 0 spiro atoms. The maximum absolute atomic E-state index is 11.7. The highest BCUT2D eigenvalue weighted by molar-refractivity contribution is 5.94. The Kier molecular flexibility index (Phi) is 3.82. The number of hydrogen-bond donors (Lipinski definition) is 3. The van der Waals surface area contributed by atoms with Crippen LogP contribution in [0, 0.1) is 5.92 Å². The minimum absolute atomic E-state index is 0.0584. The summed E-state index contributed by atoms with van der Waals surface area (Å²) in [7, 11) is 0. The summed E-state index contributed by atoms with van der Waals surface area (Å²) in [6.07, 6.45) is 4.16. The van der Waals surface area contributed by atoms with Crippen molar-refractivity contribution in [3.8, 4) is 0 Å². The van der Waals surface area contributed by atoms with Crippen LogP contribution in [0.25, 0.3) is 0 Å². The molecule has 0 saturated heterocycles. The Balaban J connectivity index is 1.52. The lowest BCUT2D eigenvalue weighted by Gasteiger charge is -2.15. The highest BCUT2D eigenvalue weighted by atomic mass is 16.2. The molecule has 3 N–H and O–H groups in total. The van der Waals surface area contributed by atoms with E-state index in [0.717, 1.165) is 36.9 Å². The smallest absolute Gasteiger partial charge is 0.315 e. The lowest BCUT2D eigenvalue weighted by molar-refractivity contribution is -0.117. The second-order valence-corrected chi connectivity index (χ2v) is 6.00. The van der Waals surface area contributed by atoms with E-state index in [9.17, 15) is 9.59 Å². The molecule has 2 aliphatic rings. The van der Waals surface area contributed by atoms with Gasteiger partial charge in [0.25, 0.3) is 0 Å². The maximum Gasteiger partial charge on any atom is 0.315 e. The van der Waals surface area contributed by atoms with Crippen LogP contribution in [0.5, 0.6) is 0 Å². The molecule has 1 unspecified atom stereocenters. The molecule has 1 atom stereocenters. The number of rotatable bonds is 5. The van der Waals surface area contributed by atoms with Gasteiger partial charge in [0.2, 0.25) is 5.91 Å². The van der Waals surface area contributed by atoms with Gasteiger partial charge in [-0.05, 0) is 50.3 Å². The molecule has 3 amide bonds. The number of hydrogen-bond acceptors (Lipinski definition) is 2. The molecule has 0 bridgehead atoms. The van der Waals surface area contributed by atoms with E-state index in [1.165, 1.54) is 0 Å². The van der Waals surface area contributed by atoms with Gasteiger partial charge in [0.15, 0.2) is 0 Å². The molecule has 0 aliphatic heterocycles. The summed E-state index contributed by atoms with van der Waals surface area (Å²) in [5, 5.41) is 8.73. The molecule has 0 aromatic heterocycles. The second kappa shape index (κ2) is 5.76. The minimum Gasteiger partial charge on any atom is -0.335 e. The summed E-state index contributed by atoms with van der Waals surface area (Å²) >= 11 is 0. The zero-order valence-corrected chi connectivity index (χ0v) is 12.2. The van der Waals surface area contributed by atoms with Gasteiger partial charge in [0, 0.05) is 17.6 Å². The van der Waals surface area contributed by atoms with E-state index in [-0.39, 0.29) is 23.9 Å². The molecule has 5 nitrogen and oxygen atoms in total. The van der Waals surface area contributed by atoms with Crippen LogP contribution in [-0.4, -0.2) is 18.0 Å². The van der Waals surface area contributed by atoms with Crippen molar-refractivity contribution in [2.24, 2.45) is 5.92 Å². The maximum atomic E-state index is 11.7. The van der Waals surface area contributed by atoms with Crippen LogP contribution in [0.15, 0.2) is 24.3 Å². The van der Waals surface area contributed by atoms with Gasteiger partial charge < -0.3 is 16.0 Å². The second-order valence-electron chi connectivity index (χ2n) is 6.00. The minimum atomic E-state index is -0.115. The monoisotopic (exact) mass is 287 g/mol. The summed E-state index contributed by atoms with van der Waals surface area (Å²) in [5.41, 5.74) is 1.83. The van der Waals surface area contributed by atoms with Crippen molar-refractivity contribution in [1.29, 1.82) is 0 Å². The predicted molar refractivity (Wildman–Crippen MR) is 80.9 cm³/mol. The summed E-state index contributed by atoms with van der Waals surface area (Å²) in [6, 6.07) is 7.82. The van der Waals surface area contributed by atoms with Crippen molar-refractivity contribution in [3.63, 3.8) is 0 Å². The third-order valence-corrected chi connectivity index (χ3v) is 3.89. The van der Waals surface area contributed by atoms with E-state index in [1.54, 1.807) is 0 Å². The van der Waals surface area contributed by atoms with E-state index in [2.05, 4.69) is 16.0 Å². The Morgan fingerprint density at radius 1 is 1.10 bits per heavy atom. The first-order chi connectivity index (χ1) is 10.1. The van der Waals surface area contributed by atoms with Crippen LogP contribution in [0.3, 0.4) is 0 Å². The number of urea groups is 1. The molecule has 0 radical (unpaired) electrons. The quantitative estimate of drug-likeness (QED) is 0.779. The van der Waals surface area contributed by atoms with E-state index < -0.39 is 0 Å². The molecule has 21 heavy (non-hydrogen) atoms. The predicted octanol–water partition coefficient (Wildman–Crippen LogP) is 2.56. The van der Waals surface area contributed by atoms with E-state index in [4.69, 9.17) is 0 Å². The third kappa shape index (κ3) is 3.97. The SMILES string of the molecule is CC(NC(=O)NC1CC1)c1ccc(NC(=O)C2CC2)cc1. The third-order valence-electron chi connectivity index (χ3n) is 3.89. The molecular formula is C16H21N3O2. The van der Waals surface area contributed by atoms with E-state index >= 15 is 0 Å². The molecule has 3 rings (SSSR count). The molecule has 1 aromatic carbocycles. The molecule has 2 saturated carbocycles. The van der Waals surface area contributed by atoms with Crippen LogP contribution in [0.4, 0.5) is 10.5 Å². The van der Waals surface area contributed by atoms with Crippen LogP contribution in [-0.2, 0) is 4.79 Å². The van der Waals surface area contributed by atoms with Crippen LogP contribution in [0.2, 0.25) is 0 Å². The van der Waals surface area contributed by atoms with Crippen molar-refractivity contribution in [2.45, 2.75) is 44.7 Å². The van der Waals surface area contributed by atoms with Crippen LogP contribution >= 0.6 is 0 Å². The van der Waals surface area contributed by atoms with Gasteiger partial charge in [0.1, 0.15) is 0 Å². The zero-order chi connectivity index (χ0) is 14.8. The Morgan fingerprint density at radius 3 is 2.33 bits per heavy atom. The highest BCUT2D eigenvalue weighted by Gasteiger charge is 2.29. The van der Waals surface area contributed by atoms with Crippen molar-refractivity contribution in [3.05, 3.63) is 29.8 Å². The zero-order valence-electron chi connectivity index (χ0n) is 12.2. The Hall–Kier alpha value is -2.04. The number of nitrogens with one attached hydrogen (secondary N) is 3. The van der Waals surface area contributed by atoms with Gasteiger partial charge in [-0.1, -0.05) is 12.1 Å². The number of carbonyl (C=O) groups is 2. The largest absolute Gasteiger partial charge is 0.335 e. The van der Waals surface area contributed by atoms with Crippen molar-refractivity contribution in [2.75, 3.05) is 5.32 Å². The average molecular weight is 287 g/mol. The lowest BCUT2D eigenvalue weighted by Crippen LogP contribution is -2.38. The van der Waals surface area contributed by atoms with Crippen LogP contribution < -0.4 is 16.0 Å². The average Bonchev–Trinajstić information content (AvgIpc) is 3.33. The molecule has 0 heterocycles. The Labute approximate surface area is 124 Å². The fourth-order valence-corrected chi connectivity index (χ4v) is 2.18. The molecule has 1 aromatic rings. The summed E-state index contributed by atoms with van der Waals surface area (Å²) in [6.45, 7) is 1.95. The highest BCUT2D eigenvalue weighted by Crippen LogP contribution is 2.30. The van der Waals surface area contributed by atoms with Crippen molar-refractivity contribution < 1.29 is 9.59 Å². The fourth-order valence-electron chi connectivity index (χ4n) is 2.18. The summed E-state index contributed by atoms with van der Waals surface area (Å²) < 4.78 is 0. The number of benzene rings is 1. The van der Waals surface area contributed by atoms with Gasteiger partial charge >= 0.3 is 6.03 Å². The first-order valence-electron chi connectivity index (χ1n) is 7.59. The van der Waals surface area contributed by atoms with E-state index in [1.807, 2.05) is 31.2 Å². The number of amides is 3. The molecule has 2 fully saturated rings. The van der Waals surface area contributed by atoms with Gasteiger partial charge in [-0.25, -0.2) is 4.79 Å². The molecule has 5 heteroatoms. The van der Waals surface area contributed by atoms with E-state index in [0.29, 0.717) is 6.04 Å². The standard InChI is InChI=1S/C16H21N3O2/c1-10(17-16(21)19-14-8-9-14)11-4-6-13(7-5-11)18-15(20)12-2-3-12/h4-7,10,12,14H,2-3,8-9H2,1H3,(H,18,20)(H2,17,19,21). The van der Waals surface area contributed by atoms with Gasteiger partial charge in [0.05, 0.1) is 6.04 Å². The Bertz CT molecular complexity index is 533. The summed E-state index contributed by atoms with van der Waals surface area (Å²) in [5.74, 6) is 0.314. The van der Waals surface area contributed by atoms with Gasteiger partial charge in [-0.15, -0.1) is 0 Å². The van der Waals surface area contributed by atoms with Crippen LogP contribution in [0.1, 0.15) is 44.2 Å². The first-order valence-corrected chi connectivity index (χ1v) is 7.59.